The maximum absolute atomic E-state index is 8.23. The summed E-state index contributed by atoms with van der Waals surface area (Å²) in [5, 5.41) is 8.23. The third kappa shape index (κ3) is 2.23. The van der Waals surface area contributed by atoms with Crippen molar-refractivity contribution in [2.45, 2.75) is 6.92 Å². The van der Waals surface area contributed by atoms with Gasteiger partial charge < -0.3 is 0 Å². The lowest BCUT2D eigenvalue weighted by molar-refractivity contribution is 1.18. The second-order valence-corrected chi connectivity index (χ2v) is 2.17. The van der Waals surface area contributed by atoms with Gasteiger partial charge in [-0.1, -0.05) is 6.07 Å². The van der Waals surface area contributed by atoms with Crippen LogP contribution in [0.1, 0.15) is 11.4 Å². The summed E-state index contributed by atoms with van der Waals surface area (Å²) in [5.74, 6) is 0. The van der Waals surface area contributed by atoms with Crippen molar-refractivity contribution in [2.75, 3.05) is 0 Å². The minimum Gasteiger partial charge on any atom is -0.254 e. The van der Waals surface area contributed by atoms with E-state index in [1.807, 2.05) is 31.2 Å². The Morgan fingerprint density at radius 1 is 1.55 bits per heavy atom. The molecule has 2 heteroatoms. The van der Waals surface area contributed by atoms with E-state index in [0.717, 1.165) is 11.4 Å². The van der Waals surface area contributed by atoms with Crippen LogP contribution >= 0.6 is 0 Å². The van der Waals surface area contributed by atoms with Gasteiger partial charge in [-0.25, -0.2) is 0 Å². The molecule has 0 aromatic carbocycles. The summed E-state index contributed by atoms with van der Waals surface area (Å²) in [6.07, 6.45) is 3.11. The van der Waals surface area contributed by atoms with Crippen molar-refractivity contribution in [1.29, 1.82) is 5.26 Å². The zero-order valence-electron chi connectivity index (χ0n) is 6.28. The van der Waals surface area contributed by atoms with Crippen molar-refractivity contribution in [1.82, 2.24) is 4.98 Å². The van der Waals surface area contributed by atoms with Crippen LogP contribution in [0.15, 0.2) is 24.3 Å². The fraction of sp³-hybridized carbons (Fsp3) is 0.111. The summed E-state index contributed by atoms with van der Waals surface area (Å²) in [6, 6.07) is 7.61. The molecule has 1 aromatic rings. The minimum atomic E-state index is 0.826. The fourth-order valence-electron chi connectivity index (χ4n) is 0.780. The Kier molecular flexibility index (Phi) is 2.40. The topological polar surface area (TPSA) is 36.7 Å². The summed E-state index contributed by atoms with van der Waals surface area (Å²) >= 11 is 0. The Morgan fingerprint density at radius 2 is 2.36 bits per heavy atom. The van der Waals surface area contributed by atoms with Crippen molar-refractivity contribution in [3.05, 3.63) is 35.7 Å². The molecule has 0 spiro atoms. The van der Waals surface area contributed by atoms with Crippen LogP contribution < -0.4 is 0 Å². The quantitative estimate of drug-likeness (QED) is 0.564. The van der Waals surface area contributed by atoms with Crippen molar-refractivity contribution in [2.24, 2.45) is 0 Å². The second-order valence-electron chi connectivity index (χ2n) is 2.17. The summed E-state index contributed by atoms with van der Waals surface area (Å²) in [6.45, 7) is 1.92. The van der Waals surface area contributed by atoms with E-state index in [4.69, 9.17) is 5.26 Å². The maximum atomic E-state index is 8.23. The van der Waals surface area contributed by atoms with E-state index in [1.165, 1.54) is 6.08 Å². The standard InChI is InChI=1S/C9H8N2/c1-8-4-2-5-9(11-8)6-3-7-10/h2-6H,1H3/b6-3+. The number of hydrogen-bond acceptors (Lipinski definition) is 2. The lowest BCUT2D eigenvalue weighted by atomic mass is 10.3. The lowest BCUT2D eigenvalue weighted by Gasteiger charge is -1.92. The molecule has 0 bridgehead atoms. The summed E-state index contributed by atoms with van der Waals surface area (Å²) < 4.78 is 0. The van der Waals surface area contributed by atoms with Gasteiger partial charge in [0, 0.05) is 11.8 Å². The highest BCUT2D eigenvalue weighted by atomic mass is 14.7. The van der Waals surface area contributed by atoms with Gasteiger partial charge in [-0.15, -0.1) is 0 Å². The molecule has 1 aromatic heterocycles. The zero-order valence-corrected chi connectivity index (χ0v) is 6.28. The van der Waals surface area contributed by atoms with Gasteiger partial charge >= 0.3 is 0 Å². The average molecular weight is 144 g/mol. The van der Waals surface area contributed by atoms with Crippen LogP contribution in [0.4, 0.5) is 0 Å². The molecule has 0 N–H and O–H groups in total. The van der Waals surface area contributed by atoms with Crippen LogP contribution in [0, 0.1) is 18.3 Å². The molecule has 0 saturated heterocycles. The first kappa shape index (κ1) is 7.49. The molecular weight excluding hydrogens is 136 g/mol. The van der Waals surface area contributed by atoms with Crippen molar-refractivity contribution < 1.29 is 0 Å². The predicted molar refractivity (Wildman–Crippen MR) is 43.6 cm³/mol. The smallest absolute Gasteiger partial charge is 0.0912 e. The number of aromatic nitrogens is 1. The first-order chi connectivity index (χ1) is 5.33. The van der Waals surface area contributed by atoms with Gasteiger partial charge in [-0.3, -0.25) is 4.98 Å². The number of nitriles is 1. The molecule has 0 aliphatic carbocycles. The van der Waals surface area contributed by atoms with Gasteiger partial charge in [-0.05, 0) is 25.1 Å². The van der Waals surface area contributed by atoms with Crippen LogP contribution in [0.5, 0.6) is 0 Å². The average Bonchev–Trinajstić information content (AvgIpc) is 2.01. The highest BCUT2D eigenvalue weighted by Crippen LogP contribution is 1.99. The van der Waals surface area contributed by atoms with E-state index in [9.17, 15) is 0 Å². The Morgan fingerprint density at radius 3 is 3.00 bits per heavy atom. The van der Waals surface area contributed by atoms with Crippen LogP contribution in [0.3, 0.4) is 0 Å². The molecule has 2 nitrogen and oxygen atoms in total. The molecule has 0 fully saturated rings. The predicted octanol–water partition coefficient (Wildman–Crippen LogP) is 1.93. The maximum Gasteiger partial charge on any atom is 0.0912 e. The third-order valence-corrected chi connectivity index (χ3v) is 1.24. The molecular formula is C9H8N2. The molecule has 0 atom stereocenters. The van der Waals surface area contributed by atoms with Gasteiger partial charge in [0.2, 0.25) is 0 Å². The van der Waals surface area contributed by atoms with E-state index in [-0.39, 0.29) is 0 Å². The Bertz CT molecular complexity index is 308. The molecule has 0 radical (unpaired) electrons. The Hall–Kier alpha value is -1.62. The number of nitrogens with zero attached hydrogens (tertiary/aromatic N) is 2. The highest BCUT2D eigenvalue weighted by molar-refractivity contribution is 5.47. The van der Waals surface area contributed by atoms with Crippen LogP contribution in [-0.4, -0.2) is 4.98 Å². The van der Waals surface area contributed by atoms with Crippen LogP contribution in [0.2, 0.25) is 0 Å². The molecule has 0 saturated carbocycles. The lowest BCUT2D eigenvalue weighted by Crippen LogP contribution is -1.82. The summed E-state index contributed by atoms with van der Waals surface area (Å²) in [4.78, 5) is 4.17. The fourth-order valence-corrected chi connectivity index (χ4v) is 0.780. The van der Waals surface area contributed by atoms with Gasteiger partial charge in [0.05, 0.1) is 11.8 Å². The van der Waals surface area contributed by atoms with E-state index in [2.05, 4.69) is 4.98 Å². The van der Waals surface area contributed by atoms with Gasteiger partial charge in [0.25, 0.3) is 0 Å². The SMILES string of the molecule is Cc1cccc(/C=C/C#N)n1. The molecule has 11 heavy (non-hydrogen) atoms. The highest BCUT2D eigenvalue weighted by Gasteiger charge is 1.86. The zero-order chi connectivity index (χ0) is 8.10. The van der Waals surface area contributed by atoms with E-state index in [1.54, 1.807) is 6.08 Å². The van der Waals surface area contributed by atoms with E-state index >= 15 is 0 Å². The monoisotopic (exact) mass is 144 g/mol. The van der Waals surface area contributed by atoms with Crippen LogP contribution in [0.25, 0.3) is 6.08 Å². The minimum absolute atomic E-state index is 0.826. The normalized spacial score (nSPS) is 9.82. The number of pyridine rings is 1. The van der Waals surface area contributed by atoms with E-state index in [0.29, 0.717) is 0 Å². The molecule has 54 valence electrons. The number of allylic oxidation sites excluding steroid dienone is 1. The first-order valence-corrected chi connectivity index (χ1v) is 3.33. The first-order valence-electron chi connectivity index (χ1n) is 3.33. The van der Waals surface area contributed by atoms with Crippen molar-refractivity contribution >= 4 is 6.08 Å². The molecule has 0 amide bonds. The molecule has 0 aliphatic rings. The second kappa shape index (κ2) is 3.52. The molecule has 0 unspecified atom stereocenters. The Labute approximate surface area is 65.8 Å². The van der Waals surface area contributed by atoms with Gasteiger partial charge in [-0.2, -0.15) is 5.26 Å². The summed E-state index contributed by atoms with van der Waals surface area (Å²) in [7, 11) is 0. The van der Waals surface area contributed by atoms with E-state index < -0.39 is 0 Å². The molecule has 0 aliphatic heterocycles. The third-order valence-electron chi connectivity index (χ3n) is 1.24. The van der Waals surface area contributed by atoms with Gasteiger partial charge in [0.1, 0.15) is 0 Å². The summed E-state index contributed by atoms with van der Waals surface area (Å²) in [5.41, 5.74) is 1.79. The molecule has 1 heterocycles. The largest absolute Gasteiger partial charge is 0.254 e. The molecule has 1 rings (SSSR count). The van der Waals surface area contributed by atoms with Crippen LogP contribution in [-0.2, 0) is 0 Å². The van der Waals surface area contributed by atoms with Crippen molar-refractivity contribution in [3.63, 3.8) is 0 Å². The number of hydrogen-bond donors (Lipinski definition) is 0. The van der Waals surface area contributed by atoms with Crippen molar-refractivity contribution in [3.8, 4) is 6.07 Å². The Balaban J connectivity index is 2.90. The number of rotatable bonds is 1. The van der Waals surface area contributed by atoms with Gasteiger partial charge in [0.15, 0.2) is 0 Å². The number of aryl methyl sites for hydroxylation is 1.